The first kappa shape index (κ1) is 59.2. The average molecular weight is 1120 g/mol. The minimum atomic E-state index is -1.19. The number of aliphatic hydroxyl groups is 2. The van der Waals surface area contributed by atoms with Crippen molar-refractivity contribution in [3.8, 4) is 16.3 Å². The highest BCUT2D eigenvalue weighted by molar-refractivity contribution is 7.13. The molecule has 4 atom stereocenters. The quantitative estimate of drug-likeness (QED) is 0.0351. The van der Waals surface area contributed by atoms with Gasteiger partial charge in [0.1, 0.15) is 23.1 Å². The number of aliphatic hydroxyl groups excluding tert-OH is 1. The van der Waals surface area contributed by atoms with Crippen LogP contribution in [0.4, 0.5) is 17.3 Å². The lowest BCUT2D eigenvalue weighted by Gasteiger charge is -2.36. The standard InChI is InChI=1S/C58H76N12O9S/c1-9-22-69-54(74)45-35-59-56(65-52(45)70(69)48-12-10-11-47(63-48)58(7,8)76)62-42-17-19-43(20-18-42)67-25-23-66(24-26-67)27-29-78-31-33-79-32-30-77-28-21-49(72)64-51(57(4,5)6)55(75)68-36-44(71)34-46(68)53(73)61-38(2)40-13-15-41(16-14-40)50-39(3)60-37-80-50/h9-20,35,37-38,44,46,51,71,76H,1,21-34,36H2,2-8H3,(H,61,73)(H,64,72)(H,59,62,65)/t38-,44+,46-,51?/m0/s1. The maximum absolute atomic E-state index is 14.1. The van der Waals surface area contributed by atoms with Gasteiger partial charge in [-0.3, -0.25) is 24.1 Å². The summed E-state index contributed by atoms with van der Waals surface area (Å²) in [4.78, 5) is 79.7. The van der Waals surface area contributed by atoms with E-state index in [1.807, 2.05) is 76.5 Å². The predicted molar refractivity (Wildman–Crippen MR) is 308 cm³/mol. The number of nitrogens with zero attached hydrogens (tertiary/aromatic N) is 9. The number of rotatable bonds is 25. The highest BCUT2D eigenvalue weighted by Crippen LogP contribution is 2.31. The van der Waals surface area contributed by atoms with Gasteiger partial charge in [-0.2, -0.15) is 4.98 Å². The number of fused-ring (bicyclic) bond motifs is 1. The third kappa shape index (κ3) is 14.9. The van der Waals surface area contributed by atoms with E-state index in [9.17, 15) is 29.4 Å². The first-order chi connectivity index (χ1) is 38.3. The number of piperazine rings is 1. The van der Waals surface area contributed by atoms with Gasteiger partial charge in [-0.25, -0.2) is 24.3 Å². The van der Waals surface area contributed by atoms with Crippen molar-refractivity contribution in [3.05, 3.63) is 118 Å². The van der Waals surface area contributed by atoms with Crippen LogP contribution in [-0.2, 0) is 40.7 Å². The summed E-state index contributed by atoms with van der Waals surface area (Å²) >= 11 is 1.57. The summed E-state index contributed by atoms with van der Waals surface area (Å²) in [5.74, 6) is -0.396. The zero-order valence-corrected chi connectivity index (χ0v) is 47.7. The van der Waals surface area contributed by atoms with Gasteiger partial charge < -0.3 is 50.2 Å². The molecule has 2 saturated heterocycles. The fourth-order valence-electron chi connectivity index (χ4n) is 9.75. The Morgan fingerprint density at radius 2 is 1.56 bits per heavy atom. The predicted octanol–water partition coefficient (Wildman–Crippen LogP) is 5.50. The molecule has 80 heavy (non-hydrogen) atoms. The largest absolute Gasteiger partial charge is 0.391 e. The van der Waals surface area contributed by atoms with Crippen LogP contribution in [0.1, 0.15) is 77.4 Å². The van der Waals surface area contributed by atoms with E-state index in [4.69, 9.17) is 19.2 Å². The number of benzene rings is 2. The van der Waals surface area contributed by atoms with E-state index in [-0.39, 0.29) is 62.6 Å². The lowest BCUT2D eigenvalue weighted by Crippen LogP contribution is -2.58. The van der Waals surface area contributed by atoms with Crippen LogP contribution in [-0.4, -0.2) is 164 Å². The van der Waals surface area contributed by atoms with Crippen LogP contribution in [0.15, 0.2) is 95.9 Å². The molecule has 2 fully saturated rings. The third-order valence-electron chi connectivity index (χ3n) is 14.2. The van der Waals surface area contributed by atoms with Crippen molar-refractivity contribution < 1.29 is 38.8 Å². The summed E-state index contributed by atoms with van der Waals surface area (Å²) in [6.45, 7) is 23.3. The van der Waals surface area contributed by atoms with Gasteiger partial charge in [0.15, 0.2) is 11.5 Å². The minimum absolute atomic E-state index is 0.0106. The summed E-state index contributed by atoms with van der Waals surface area (Å²) in [5.41, 5.74) is 5.30. The minimum Gasteiger partial charge on any atom is -0.391 e. The van der Waals surface area contributed by atoms with Crippen LogP contribution < -0.4 is 26.4 Å². The number of carbonyl (C=O) groups excluding carboxylic acids is 3. The molecule has 21 nitrogen and oxygen atoms in total. The van der Waals surface area contributed by atoms with Crippen molar-refractivity contribution in [3.63, 3.8) is 0 Å². The Hall–Kier alpha value is -6.92. The van der Waals surface area contributed by atoms with Crippen LogP contribution >= 0.6 is 11.3 Å². The number of thiazole rings is 1. The highest BCUT2D eigenvalue weighted by Gasteiger charge is 2.45. The summed E-state index contributed by atoms with van der Waals surface area (Å²) in [7, 11) is 0. The Labute approximate surface area is 471 Å². The number of ether oxygens (including phenoxy) is 3. The topological polar surface area (TPSA) is 244 Å². The molecule has 6 aromatic rings. The molecule has 4 aromatic heterocycles. The van der Waals surface area contributed by atoms with Crippen molar-refractivity contribution in [2.75, 3.05) is 89.1 Å². The number of β-amino-alcohol motifs (C(OH)–C–C–N with tert-alkyl or cyclic N) is 1. The monoisotopic (exact) mass is 1120 g/mol. The fourth-order valence-corrected chi connectivity index (χ4v) is 10.6. The summed E-state index contributed by atoms with van der Waals surface area (Å²) < 4.78 is 20.4. The third-order valence-corrected chi connectivity index (χ3v) is 15.2. The Balaban J connectivity index is 0.693. The number of carbonyl (C=O) groups is 3. The number of aryl methyl sites for hydroxylation is 1. The molecule has 22 heteroatoms. The van der Waals surface area contributed by atoms with Crippen LogP contribution in [0.25, 0.3) is 27.3 Å². The number of allylic oxidation sites excluding steroid dienone is 1. The Morgan fingerprint density at radius 1 is 0.875 bits per heavy atom. The molecule has 2 aromatic carbocycles. The molecule has 0 radical (unpaired) electrons. The van der Waals surface area contributed by atoms with Crippen molar-refractivity contribution in [1.82, 2.24) is 49.7 Å². The van der Waals surface area contributed by atoms with E-state index < -0.39 is 35.1 Å². The van der Waals surface area contributed by atoms with E-state index in [2.05, 4.69) is 59.4 Å². The zero-order valence-electron chi connectivity index (χ0n) is 46.9. The smallest absolute Gasteiger partial charge is 0.278 e. The van der Waals surface area contributed by atoms with E-state index >= 15 is 0 Å². The second-order valence-electron chi connectivity index (χ2n) is 21.8. The van der Waals surface area contributed by atoms with E-state index in [0.29, 0.717) is 54.9 Å². The number of anilines is 3. The second-order valence-corrected chi connectivity index (χ2v) is 22.7. The second kappa shape index (κ2) is 26.6. The molecule has 0 spiro atoms. The van der Waals surface area contributed by atoms with Gasteiger partial charge in [0, 0.05) is 69.7 Å². The summed E-state index contributed by atoms with van der Waals surface area (Å²) in [6.07, 6.45) is 2.39. The van der Waals surface area contributed by atoms with E-state index in [0.717, 1.165) is 65.8 Å². The highest BCUT2D eigenvalue weighted by atomic mass is 32.1. The van der Waals surface area contributed by atoms with Gasteiger partial charge in [-0.05, 0) is 80.6 Å². The van der Waals surface area contributed by atoms with Crippen molar-refractivity contribution in [2.24, 2.45) is 5.41 Å². The first-order valence-electron chi connectivity index (χ1n) is 27.2. The Kier molecular flexibility index (Phi) is 19.7. The molecule has 5 N–H and O–H groups in total. The molecule has 2 aliphatic rings. The van der Waals surface area contributed by atoms with Crippen LogP contribution in [0, 0.1) is 12.3 Å². The van der Waals surface area contributed by atoms with Crippen molar-refractivity contribution in [1.29, 1.82) is 0 Å². The molecule has 2 aliphatic heterocycles. The van der Waals surface area contributed by atoms with Gasteiger partial charge in [0.2, 0.25) is 23.7 Å². The fraction of sp³-hybridized carbons (Fsp3) is 0.483. The average Bonchev–Trinajstić information content (AvgIpc) is 4.18. The van der Waals surface area contributed by atoms with Gasteiger partial charge in [-0.1, -0.05) is 57.2 Å². The molecule has 1 unspecified atom stereocenters. The number of pyridine rings is 1. The molecular formula is C58H76N12O9S. The van der Waals surface area contributed by atoms with Crippen LogP contribution in [0.3, 0.4) is 0 Å². The Morgan fingerprint density at radius 3 is 2.21 bits per heavy atom. The molecule has 428 valence electrons. The maximum Gasteiger partial charge on any atom is 0.278 e. The lowest BCUT2D eigenvalue weighted by molar-refractivity contribution is -0.144. The summed E-state index contributed by atoms with van der Waals surface area (Å²) in [6, 6.07) is 19.1. The number of hydrogen-bond acceptors (Lipinski definition) is 17. The van der Waals surface area contributed by atoms with Gasteiger partial charge >= 0.3 is 0 Å². The number of aromatic nitrogens is 6. The molecule has 6 heterocycles. The molecule has 8 rings (SSSR count). The molecule has 0 aliphatic carbocycles. The van der Waals surface area contributed by atoms with Crippen LogP contribution in [0.5, 0.6) is 0 Å². The number of hydrogen-bond donors (Lipinski definition) is 5. The number of amides is 3. The summed E-state index contributed by atoms with van der Waals surface area (Å²) in [5, 5.41) is 30.8. The first-order valence-corrected chi connectivity index (χ1v) is 28.1. The lowest BCUT2D eigenvalue weighted by atomic mass is 9.85. The van der Waals surface area contributed by atoms with Crippen molar-refractivity contribution in [2.45, 2.75) is 97.7 Å². The SMILES string of the molecule is C=CCn1c(=O)c2cnc(Nc3ccc(N4CCN(CCOCCOCCOCCC(=O)NC(C(=O)N5C[C@H](O)C[C@H]5C(=O)N[C@@H](C)c5ccc(-c6scnc6C)cc5)C(C)(C)C)CC4)cc3)nc2n1-c1cccc(C(C)(C)O)n1. The van der Waals surface area contributed by atoms with E-state index in [1.165, 1.54) is 15.8 Å². The van der Waals surface area contributed by atoms with E-state index in [1.54, 1.807) is 54.1 Å². The molecular weight excluding hydrogens is 1040 g/mol. The van der Waals surface area contributed by atoms with Gasteiger partial charge in [0.05, 0.1) is 80.1 Å². The van der Waals surface area contributed by atoms with Gasteiger partial charge in [0.25, 0.3) is 5.56 Å². The number of likely N-dealkylation sites (tertiary alicyclic amines) is 1. The maximum atomic E-state index is 14.1. The van der Waals surface area contributed by atoms with Crippen LogP contribution in [0.2, 0.25) is 0 Å². The number of nitrogens with one attached hydrogen (secondary N) is 3. The Bertz CT molecular complexity index is 3120. The zero-order chi connectivity index (χ0) is 57.1. The van der Waals surface area contributed by atoms with Crippen molar-refractivity contribution >= 4 is 57.4 Å². The molecule has 0 bridgehead atoms. The van der Waals surface area contributed by atoms with Gasteiger partial charge in [-0.15, -0.1) is 17.9 Å². The normalized spacial score (nSPS) is 16.9. The molecule has 0 saturated carbocycles. The molecule has 3 amide bonds.